The molecule has 2 aliphatic rings. The molecule has 7 amide bonds. The van der Waals surface area contributed by atoms with Gasteiger partial charge >= 0.3 is 5.97 Å². The summed E-state index contributed by atoms with van der Waals surface area (Å²) in [7, 11) is 0. The third-order valence-corrected chi connectivity index (χ3v) is 10.4. The lowest BCUT2D eigenvalue weighted by atomic mass is 9.91. The first-order chi connectivity index (χ1) is 30.8. The number of Topliss-reactive ketones (excluding diaryl/α,β-unsaturated/α-hetero) is 1. The Balaban J connectivity index is 1.33. The minimum atomic E-state index is -0.791. The molecule has 18 nitrogen and oxygen atoms in total. The van der Waals surface area contributed by atoms with Crippen LogP contribution < -0.4 is 16.0 Å². The molecule has 1 unspecified atom stereocenters. The number of amides is 7. The molecule has 18 heteroatoms. The predicted octanol–water partition coefficient (Wildman–Crippen LogP) is 3.83. The van der Waals surface area contributed by atoms with Gasteiger partial charge in [-0.2, -0.15) is 0 Å². The highest BCUT2D eigenvalue weighted by Crippen LogP contribution is 2.27. The number of carbonyl (C=O) groups is 9. The van der Waals surface area contributed by atoms with E-state index in [1.54, 1.807) is 12.1 Å². The molecule has 2 heterocycles. The molecular formula is C47H67N5O13. The van der Waals surface area contributed by atoms with Gasteiger partial charge in [-0.05, 0) is 95.8 Å². The van der Waals surface area contributed by atoms with Gasteiger partial charge in [0.05, 0.1) is 43.9 Å². The van der Waals surface area contributed by atoms with Crippen LogP contribution in [-0.4, -0.2) is 126 Å². The highest BCUT2D eigenvalue weighted by Gasteiger charge is 2.26. The van der Waals surface area contributed by atoms with E-state index in [0.29, 0.717) is 51.5 Å². The maximum Gasteiger partial charge on any atom is 0.309 e. The number of esters is 1. The fourth-order valence-corrected chi connectivity index (χ4v) is 7.09. The van der Waals surface area contributed by atoms with E-state index < -0.39 is 41.2 Å². The van der Waals surface area contributed by atoms with Gasteiger partial charge in [0.1, 0.15) is 11.4 Å². The number of phenolic OH excluding ortho intramolecular Hbond substituents is 1. The summed E-state index contributed by atoms with van der Waals surface area (Å²) in [6.07, 6.45) is 8.59. The van der Waals surface area contributed by atoms with Crippen molar-refractivity contribution in [2.45, 2.75) is 123 Å². The van der Waals surface area contributed by atoms with Crippen LogP contribution in [0.2, 0.25) is 0 Å². The number of rotatable bonds is 31. The molecule has 2 aliphatic heterocycles. The number of benzene rings is 1. The summed E-state index contributed by atoms with van der Waals surface area (Å²) in [5.41, 5.74) is 0.631. The number of hydrogen-bond donors (Lipinski definition) is 4. The molecule has 3 atom stereocenters. The van der Waals surface area contributed by atoms with Gasteiger partial charge in [-0.25, -0.2) is 0 Å². The molecule has 0 aliphatic carbocycles. The van der Waals surface area contributed by atoms with Gasteiger partial charge < -0.3 is 35.3 Å². The number of carbonyl (C=O) groups excluding carboxylic acids is 9. The van der Waals surface area contributed by atoms with Gasteiger partial charge in [-0.1, -0.05) is 19.9 Å². The molecule has 4 N–H and O–H groups in total. The molecule has 0 bridgehead atoms. The third kappa shape index (κ3) is 20.7. The highest BCUT2D eigenvalue weighted by molar-refractivity contribution is 6.13. The number of nitrogens with one attached hydrogen (secondary N) is 3. The molecule has 1 aromatic rings. The maximum atomic E-state index is 13.3. The Kier molecular flexibility index (Phi) is 22.7. The Hall–Kier alpha value is -5.75. The van der Waals surface area contributed by atoms with Crippen LogP contribution in [0.5, 0.6) is 5.75 Å². The monoisotopic (exact) mass is 909 g/mol. The number of hydrogen-bond acceptors (Lipinski definition) is 13. The molecule has 0 fully saturated rings. The summed E-state index contributed by atoms with van der Waals surface area (Å²) in [4.78, 5) is 113. The van der Waals surface area contributed by atoms with Crippen molar-refractivity contribution in [2.24, 2.45) is 11.8 Å². The van der Waals surface area contributed by atoms with Crippen LogP contribution >= 0.6 is 0 Å². The minimum Gasteiger partial charge on any atom is -0.506 e. The average Bonchev–Trinajstić information content (AvgIpc) is 3.73. The maximum absolute atomic E-state index is 13.3. The van der Waals surface area contributed by atoms with E-state index in [1.165, 1.54) is 30.4 Å². The Morgan fingerprint density at radius 2 is 1.28 bits per heavy atom. The van der Waals surface area contributed by atoms with Crippen molar-refractivity contribution in [2.75, 3.05) is 51.4 Å². The molecule has 358 valence electrons. The summed E-state index contributed by atoms with van der Waals surface area (Å²) < 4.78 is 16.7. The largest absolute Gasteiger partial charge is 0.506 e. The fraction of sp³-hybridized carbons (Fsp3) is 0.596. The van der Waals surface area contributed by atoms with E-state index in [-0.39, 0.29) is 118 Å². The van der Waals surface area contributed by atoms with Gasteiger partial charge in [0.2, 0.25) is 17.7 Å². The first kappa shape index (κ1) is 53.6. The second-order valence-electron chi connectivity index (χ2n) is 17.4. The summed E-state index contributed by atoms with van der Waals surface area (Å²) in [5, 5.41) is 18.7. The predicted molar refractivity (Wildman–Crippen MR) is 239 cm³/mol. The number of phenols is 1. The zero-order valence-corrected chi connectivity index (χ0v) is 38.4. The van der Waals surface area contributed by atoms with Crippen molar-refractivity contribution < 1.29 is 62.5 Å². The van der Waals surface area contributed by atoms with Crippen molar-refractivity contribution in [3.8, 4) is 5.75 Å². The average molecular weight is 910 g/mol. The Labute approximate surface area is 381 Å². The third-order valence-electron chi connectivity index (χ3n) is 10.4. The number of aromatic hydroxyl groups is 1. The minimum absolute atomic E-state index is 0.000699. The second-order valence-corrected chi connectivity index (χ2v) is 17.4. The van der Waals surface area contributed by atoms with Crippen LogP contribution in [0.1, 0.15) is 111 Å². The number of nitrogens with zero attached hydrogens (tertiary/aromatic N) is 2. The van der Waals surface area contributed by atoms with Gasteiger partial charge in [0.15, 0.2) is 5.78 Å². The van der Waals surface area contributed by atoms with Gasteiger partial charge in [0, 0.05) is 69.8 Å². The van der Waals surface area contributed by atoms with Crippen LogP contribution in [0.3, 0.4) is 0 Å². The van der Waals surface area contributed by atoms with E-state index in [9.17, 15) is 48.3 Å². The van der Waals surface area contributed by atoms with Crippen LogP contribution in [0.15, 0.2) is 42.5 Å². The molecule has 3 rings (SSSR count). The van der Waals surface area contributed by atoms with Crippen molar-refractivity contribution in [1.29, 1.82) is 0 Å². The Morgan fingerprint density at radius 3 is 1.88 bits per heavy atom. The van der Waals surface area contributed by atoms with Crippen LogP contribution in [0, 0.1) is 11.8 Å². The van der Waals surface area contributed by atoms with E-state index in [0.717, 1.165) is 15.4 Å². The molecule has 0 saturated heterocycles. The number of imide groups is 2. The number of anilines is 1. The summed E-state index contributed by atoms with van der Waals surface area (Å²) >= 11 is 0. The zero-order valence-electron chi connectivity index (χ0n) is 38.4. The zero-order chi connectivity index (χ0) is 47.9. The topological polar surface area (TPSA) is 244 Å². The number of ketones is 1. The van der Waals surface area contributed by atoms with Gasteiger partial charge in [0.25, 0.3) is 23.6 Å². The van der Waals surface area contributed by atoms with Crippen molar-refractivity contribution >= 4 is 58.8 Å². The summed E-state index contributed by atoms with van der Waals surface area (Å²) in [6.45, 7) is 10.7. The van der Waals surface area contributed by atoms with Crippen molar-refractivity contribution in [3.05, 3.63) is 48.1 Å². The smallest absolute Gasteiger partial charge is 0.309 e. The fourth-order valence-electron chi connectivity index (χ4n) is 7.09. The molecule has 1 aromatic carbocycles. The lowest BCUT2D eigenvalue weighted by Crippen LogP contribution is -2.41. The van der Waals surface area contributed by atoms with Crippen molar-refractivity contribution in [1.82, 2.24) is 20.4 Å². The normalized spacial score (nSPS) is 15.0. The van der Waals surface area contributed by atoms with Crippen LogP contribution in [0.25, 0.3) is 0 Å². The van der Waals surface area contributed by atoms with Crippen LogP contribution in [-0.2, 0) is 63.8 Å². The first-order valence-corrected chi connectivity index (χ1v) is 22.5. The van der Waals surface area contributed by atoms with E-state index in [1.807, 2.05) is 34.6 Å². The lowest BCUT2D eigenvalue weighted by molar-refractivity contribution is -0.160. The molecule has 65 heavy (non-hydrogen) atoms. The van der Waals surface area contributed by atoms with Crippen LogP contribution in [0.4, 0.5) is 5.69 Å². The van der Waals surface area contributed by atoms with E-state index in [4.69, 9.17) is 14.2 Å². The summed E-state index contributed by atoms with van der Waals surface area (Å²) in [6, 6.07) is 4.24. The SMILES string of the molecule is CC(C[C@@H](C)Cc1ccc(O)c(NC(=O)CCOCCOCCCC(=O)[C@H](CCCCNC(=O)CCCN2C(=O)C=CC2=O)NC(=O)CCCN2C(=O)C=CC2=O)c1)C(=O)OC(C)(C)C. The molecule has 0 radical (unpaired) electrons. The standard InChI is InChI=1S/C47H67N5O13/c1-32(29-33(2)46(62)65-47(3,4)5)30-34-15-16-38(54)36(31-34)50-41(57)21-26-64-28-27-63-25-10-12-37(53)35(49-40(56)14-9-24-52-44(60)19-20-45(52)61)11-6-7-22-48-39(55)13-8-23-51-42(58)17-18-43(51)59/h15-20,31-33,35,54H,6-14,21-30H2,1-5H3,(H,48,55)(H,49,56)(H,50,57)/t32-,33?,35+/m1/s1. The number of ether oxygens (including phenoxy) is 3. The second kappa shape index (κ2) is 27.5. The highest BCUT2D eigenvalue weighted by atomic mass is 16.6. The quantitative estimate of drug-likeness (QED) is 0.0359. The summed E-state index contributed by atoms with van der Waals surface area (Å²) in [5.74, 6) is -3.27. The number of unbranched alkanes of at least 4 members (excludes halogenated alkanes) is 1. The van der Waals surface area contributed by atoms with E-state index in [2.05, 4.69) is 16.0 Å². The van der Waals surface area contributed by atoms with E-state index >= 15 is 0 Å². The van der Waals surface area contributed by atoms with Crippen molar-refractivity contribution in [3.63, 3.8) is 0 Å². The lowest BCUT2D eigenvalue weighted by Gasteiger charge is -2.23. The molecular weight excluding hydrogens is 843 g/mol. The molecule has 0 spiro atoms. The van der Waals surface area contributed by atoms with Gasteiger partial charge in [-0.3, -0.25) is 53.0 Å². The Morgan fingerprint density at radius 1 is 0.692 bits per heavy atom. The Bertz CT molecular complexity index is 1870. The first-order valence-electron chi connectivity index (χ1n) is 22.5. The van der Waals surface area contributed by atoms with Gasteiger partial charge in [-0.15, -0.1) is 0 Å². The molecule has 0 saturated carbocycles. The molecule has 0 aromatic heterocycles.